The third kappa shape index (κ3) is 3.12. The number of thiophene rings is 1. The molecule has 10 heteroatoms. The summed E-state index contributed by atoms with van der Waals surface area (Å²) in [5, 5.41) is 11.8. The van der Waals surface area contributed by atoms with Crippen LogP contribution in [0.2, 0.25) is 0 Å². The van der Waals surface area contributed by atoms with Crippen molar-refractivity contribution in [2.45, 2.75) is 6.18 Å². The molecule has 26 heavy (non-hydrogen) atoms. The van der Waals surface area contributed by atoms with Crippen molar-refractivity contribution in [2.75, 3.05) is 16.8 Å². The van der Waals surface area contributed by atoms with Crippen LogP contribution in [0, 0.1) is 11.3 Å². The van der Waals surface area contributed by atoms with E-state index < -0.39 is 17.6 Å². The molecule has 0 bridgehead atoms. The number of amides is 1. The number of hydrogen-bond donors (Lipinski definition) is 3. The third-order valence-corrected chi connectivity index (χ3v) is 4.64. The number of halogens is 3. The standard InChI is InChI=1S/C16H10F3N5OS/c17-16(18,19)8-2-1-3-9(5-8)23-14(25)12-11(21)10-4-7(6-20)13(22)24-15(10)26-12/h1-5H,21H2,(H2,22,24)(H,23,25). The summed E-state index contributed by atoms with van der Waals surface area (Å²) < 4.78 is 38.3. The van der Waals surface area contributed by atoms with Crippen molar-refractivity contribution in [3.8, 4) is 6.07 Å². The predicted molar refractivity (Wildman–Crippen MR) is 92.6 cm³/mol. The number of carbonyl (C=O) groups excluding carboxylic acids is 1. The van der Waals surface area contributed by atoms with E-state index in [2.05, 4.69) is 10.3 Å². The van der Waals surface area contributed by atoms with E-state index >= 15 is 0 Å². The zero-order valence-corrected chi connectivity index (χ0v) is 13.7. The number of hydrogen-bond acceptors (Lipinski definition) is 6. The summed E-state index contributed by atoms with van der Waals surface area (Å²) in [6, 6.07) is 7.54. The van der Waals surface area contributed by atoms with Gasteiger partial charge in [-0.1, -0.05) is 6.07 Å². The van der Waals surface area contributed by atoms with Gasteiger partial charge < -0.3 is 16.8 Å². The Morgan fingerprint density at radius 3 is 2.65 bits per heavy atom. The highest BCUT2D eigenvalue weighted by molar-refractivity contribution is 7.21. The fourth-order valence-corrected chi connectivity index (χ4v) is 3.25. The van der Waals surface area contributed by atoms with Gasteiger partial charge in [-0.3, -0.25) is 4.79 Å². The largest absolute Gasteiger partial charge is 0.416 e. The number of alkyl halides is 3. The molecule has 0 radical (unpaired) electrons. The minimum absolute atomic E-state index is 0.00564. The summed E-state index contributed by atoms with van der Waals surface area (Å²) in [6.45, 7) is 0. The van der Waals surface area contributed by atoms with Gasteiger partial charge in [-0.05, 0) is 24.3 Å². The van der Waals surface area contributed by atoms with Crippen LogP contribution >= 0.6 is 11.3 Å². The molecule has 0 saturated heterocycles. The van der Waals surface area contributed by atoms with Gasteiger partial charge in [0.25, 0.3) is 5.91 Å². The Hall–Kier alpha value is -3.32. The van der Waals surface area contributed by atoms with E-state index in [1.807, 2.05) is 6.07 Å². The van der Waals surface area contributed by atoms with Gasteiger partial charge in [0.15, 0.2) is 0 Å². The normalized spacial score (nSPS) is 11.3. The highest BCUT2D eigenvalue weighted by Crippen LogP contribution is 2.35. The predicted octanol–water partition coefficient (Wildman–Crippen LogP) is 3.60. The Bertz CT molecular complexity index is 1070. The molecular formula is C16H10F3N5OS. The first-order valence-corrected chi connectivity index (χ1v) is 7.89. The van der Waals surface area contributed by atoms with Gasteiger partial charge in [0.1, 0.15) is 21.6 Å². The molecule has 0 atom stereocenters. The topological polar surface area (TPSA) is 118 Å². The summed E-state index contributed by atoms with van der Waals surface area (Å²) in [5.41, 5.74) is 10.9. The van der Waals surface area contributed by atoms with Crippen LogP contribution in [0.4, 0.5) is 30.4 Å². The molecule has 0 aliphatic rings. The van der Waals surface area contributed by atoms with Crippen molar-refractivity contribution in [1.29, 1.82) is 5.26 Å². The number of nitrogens with two attached hydrogens (primary N) is 2. The SMILES string of the molecule is N#Cc1cc2c(N)c(C(=O)Nc3cccc(C(F)(F)F)c3)sc2nc1N. The zero-order valence-electron chi connectivity index (χ0n) is 12.9. The monoisotopic (exact) mass is 377 g/mol. The number of rotatable bonds is 2. The molecule has 1 aromatic carbocycles. The second-order valence-corrected chi connectivity index (χ2v) is 6.26. The summed E-state index contributed by atoms with van der Waals surface area (Å²) in [5.74, 6) is -0.673. The summed E-state index contributed by atoms with van der Waals surface area (Å²) >= 11 is 0.935. The second kappa shape index (κ2) is 6.20. The summed E-state index contributed by atoms with van der Waals surface area (Å²) in [6.07, 6.45) is -4.52. The van der Waals surface area contributed by atoms with Crippen LogP contribution in [-0.2, 0) is 6.18 Å². The summed E-state index contributed by atoms with van der Waals surface area (Å²) in [4.78, 5) is 16.9. The lowest BCUT2D eigenvalue weighted by Gasteiger charge is -2.09. The van der Waals surface area contributed by atoms with Crippen LogP contribution in [-0.4, -0.2) is 10.9 Å². The molecule has 3 aromatic rings. The van der Waals surface area contributed by atoms with E-state index in [-0.39, 0.29) is 27.6 Å². The molecule has 1 amide bonds. The molecule has 0 saturated carbocycles. The number of benzene rings is 1. The van der Waals surface area contributed by atoms with E-state index in [9.17, 15) is 18.0 Å². The molecule has 2 aromatic heterocycles. The maximum Gasteiger partial charge on any atom is 0.416 e. The maximum absolute atomic E-state index is 12.8. The molecule has 0 aliphatic carbocycles. The Kier molecular flexibility index (Phi) is 4.17. The first-order valence-electron chi connectivity index (χ1n) is 7.08. The minimum atomic E-state index is -4.52. The van der Waals surface area contributed by atoms with Crippen molar-refractivity contribution in [1.82, 2.24) is 4.98 Å². The molecule has 132 valence electrons. The Morgan fingerprint density at radius 2 is 2.00 bits per heavy atom. The number of nitrogens with zero attached hydrogens (tertiary/aromatic N) is 2. The first kappa shape index (κ1) is 17.5. The van der Waals surface area contributed by atoms with Crippen molar-refractivity contribution in [3.63, 3.8) is 0 Å². The Balaban J connectivity index is 1.96. The van der Waals surface area contributed by atoms with Crippen LogP contribution in [0.3, 0.4) is 0 Å². The molecule has 0 aliphatic heterocycles. The summed E-state index contributed by atoms with van der Waals surface area (Å²) in [7, 11) is 0. The van der Waals surface area contributed by atoms with Gasteiger partial charge >= 0.3 is 6.18 Å². The Morgan fingerprint density at radius 1 is 1.27 bits per heavy atom. The van der Waals surface area contributed by atoms with Crippen molar-refractivity contribution in [3.05, 3.63) is 46.3 Å². The highest BCUT2D eigenvalue weighted by atomic mass is 32.1. The number of nitrogens with one attached hydrogen (secondary N) is 1. The quantitative estimate of drug-likeness (QED) is 0.631. The molecule has 3 rings (SSSR count). The van der Waals surface area contributed by atoms with E-state index in [1.165, 1.54) is 18.2 Å². The highest BCUT2D eigenvalue weighted by Gasteiger charge is 2.30. The van der Waals surface area contributed by atoms with Gasteiger partial charge in [-0.2, -0.15) is 18.4 Å². The number of pyridine rings is 1. The zero-order chi connectivity index (χ0) is 19.1. The van der Waals surface area contributed by atoms with Crippen LogP contribution < -0.4 is 16.8 Å². The van der Waals surface area contributed by atoms with Gasteiger partial charge in [0.05, 0.1) is 16.8 Å². The number of anilines is 3. The van der Waals surface area contributed by atoms with Crippen LogP contribution in [0.15, 0.2) is 30.3 Å². The van der Waals surface area contributed by atoms with Crippen molar-refractivity contribution >= 4 is 44.7 Å². The number of nitrogen functional groups attached to an aromatic ring is 2. The smallest absolute Gasteiger partial charge is 0.397 e. The molecule has 0 unspecified atom stereocenters. The fraction of sp³-hybridized carbons (Fsp3) is 0.0625. The minimum Gasteiger partial charge on any atom is -0.397 e. The first-order chi connectivity index (χ1) is 12.2. The van der Waals surface area contributed by atoms with E-state index in [0.29, 0.717) is 10.2 Å². The lowest BCUT2D eigenvalue weighted by molar-refractivity contribution is -0.137. The van der Waals surface area contributed by atoms with Gasteiger partial charge in [0, 0.05) is 11.1 Å². The van der Waals surface area contributed by atoms with E-state index in [1.54, 1.807) is 0 Å². The fourth-order valence-electron chi connectivity index (χ4n) is 2.27. The van der Waals surface area contributed by atoms with Gasteiger partial charge in [-0.25, -0.2) is 4.98 Å². The average Bonchev–Trinajstić information content (AvgIpc) is 2.89. The van der Waals surface area contributed by atoms with Crippen LogP contribution in [0.1, 0.15) is 20.8 Å². The van der Waals surface area contributed by atoms with E-state index in [0.717, 1.165) is 23.5 Å². The number of nitriles is 1. The third-order valence-electron chi connectivity index (χ3n) is 3.53. The van der Waals surface area contributed by atoms with Gasteiger partial charge in [0.2, 0.25) is 0 Å². The van der Waals surface area contributed by atoms with Crippen molar-refractivity contribution < 1.29 is 18.0 Å². The maximum atomic E-state index is 12.8. The molecular weight excluding hydrogens is 367 g/mol. The van der Waals surface area contributed by atoms with Crippen molar-refractivity contribution in [2.24, 2.45) is 0 Å². The average molecular weight is 377 g/mol. The Labute approximate surface area is 148 Å². The lowest BCUT2D eigenvalue weighted by atomic mass is 10.2. The van der Waals surface area contributed by atoms with E-state index in [4.69, 9.17) is 16.7 Å². The molecule has 5 N–H and O–H groups in total. The number of carbonyl (C=O) groups is 1. The molecule has 0 spiro atoms. The van der Waals surface area contributed by atoms with Crippen LogP contribution in [0.25, 0.3) is 10.2 Å². The second-order valence-electron chi connectivity index (χ2n) is 5.26. The lowest BCUT2D eigenvalue weighted by Crippen LogP contribution is -2.13. The molecule has 6 nitrogen and oxygen atoms in total. The molecule has 0 fully saturated rings. The number of aromatic nitrogens is 1. The van der Waals surface area contributed by atoms with Gasteiger partial charge in [-0.15, -0.1) is 11.3 Å². The molecule has 2 heterocycles. The van der Waals surface area contributed by atoms with Crippen LogP contribution in [0.5, 0.6) is 0 Å². The number of fused-ring (bicyclic) bond motifs is 1.